The van der Waals surface area contributed by atoms with E-state index in [1.807, 2.05) is 0 Å². The van der Waals surface area contributed by atoms with Crippen molar-refractivity contribution in [1.29, 1.82) is 0 Å². The lowest BCUT2D eigenvalue weighted by Gasteiger charge is -2.07. The number of nitro benzene ring substituents is 1. The molecule has 0 unspecified atom stereocenters. The Morgan fingerprint density at radius 2 is 2.29 bits per heavy atom. The van der Waals surface area contributed by atoms with Crippen LogP contribution in [-0.2, 0) is 11.3 Å². The van der Waals surface area contributed by atoms with Crippen LogP contribution in [0.2, 0.25) is 0 Å². The molecule has 0 atom stereocenters. The first-order chi connectivity index (χ1) is 8.04. The molecule has 0 aliphatic heterocycles. The normalized spacial score (nSPS) is 9.94. The largest absolute Gasteiger partial charge is 0.477 e. The number of ether oxygens (including phenoxy) is 1. The Kier molecular flexibility index (Phi) is 4.41. The van der Waals surface area contributed by atoms with Crippen molar-refractivity contribution in [3.63, 3.8) is 0 Å². The number of rotatable bonds is 6. The minimum atomic E-state index is -0.682. The molecule has 92 valence electrons. The first-order valence-electron chi connectivity index (χ1n) is 4.87. The summed E-state index contributed by atoms with van der Waals surface area (Å²) in [7, 11) is 1.76. The van der Waals surface area contributed by atoms with E-state index in [1.165, 1.54) is 12.1 Å². The number of amides is 1. The highest BCUT2D eigenvalue weighted by atomic mass is 16.6. The van der Waals surface area contributed by atoms with Gasteiger partial charge in [0.1, 0.15) is 0 Å². The molecule has 0 fully saturated rings. The summed E-state index contributed by atoms with van der Waals surface area (Å²) < 4.78 is 5.00. The second kappa shape index (κ2) is 5.80. The van der Waals surface area contributed by atoms with Gasteiger partial charge in [-0.2, -0.15) is 0 Å². The van der Waals surface area contributed by atoms with E-state index in [1.54, 1.807) is 13.1 Å². The van der Waals surface area contributed by atoms with Crippen LogP contribution in [0.3, 0.4) is 0 Å². The Morgan fingerprint density at radius 1 is 1.59 bits per heavy atom. The molecule has 0 aromatic heterocycles. The van der Waals surface area contributed by atoms with Crippen LogP contribution >= 0.6 is 0 Å². The highest BCUT2D eigenvalue weighted by Crippen LogP contribution is 2.27. The van der Waals surface area contributed by atoms with Crippen molar-refractivity contribution in [2.75, 3.05) is 13.7 Å². The molecule has 0 saturated heterocycles. The topological polar surface area (TPSA) is 107 Å². The number of hydrogen-bond donors (Lipinski definition) is 2. The van der Waals surface area contributed by atoms with Crippen molar-refractivity contribution in [3.05, 3.63) is 33.9 Å². The molecular weight excluding hydrogens is 226 g/mol. The molecule has 0 aliphatic carbocycles. The van der Waals surface area contributed by atoms with Crippen molar-refractivity contribution >= 4 is 11.6 Å². The van der Waals surface area contributed by atoms with E-state index < -0.39 is 10.8 Å². The molecule has 0 aliphatic rings. The molecule has 7 heteroatoms. The number of carbonyl (C=O) groups is 1. The van der Waals surface area contributed by atoms with Gasteiger partial charge in [-0.25, -0.2) is 0 Å². The maximum atomic E-state index is 10.7. The zero-order chi connectivity index (χ0) is 12.8. The molecule has 0 spiro atoms. The summed E-state index contributed by atoms with van der Waals surface area (Å²) in [5.74, 6) is -0.639. The van der Waals surface area contributed by atoms with Gasteiger partial charge in [-0.15, -0.1) is 0 Å². The zero-order valence-electron chi connectivity index (χ0n) is 9.30. The van der Waals surface area contributed by atoms with Crippen LogP contribution < -0.4 is 15.8 Å². The molecule has 17 heavy (non-hydrogen) atoms. The minimum Gasteiger partial charge on any atom is -0.477 e. The van der Waals surface area contributed by atoms with Gasteiger partial charge in [0.2, 0.25) is 0 Å². The average Bonchev–Trinajstić information content (AvgIpc) is 2.26. The van der Waals surface area contributed by atoms with Crippen molar-refractivity contribution in [2.24, 2.45) is 5.73 Å². The molecule has 1 aromatic carbocycles. The number of nitrogens with one attached hydrogen (secondary N) is 1. The standard InChI is InChI=1S/C10H13N3O4/c1-12-5-7-2-3-8(13(15)16)9(4-7)17-6-10(11)14/h2-4,12H,5-6H2,1H3,(H2,11,14). The maximum Gasteiger partial charge on any atom is 0.310 e. The van der Waals surface area contributed by atoms with Crippen molar-refractivity contribution in [1.82, 2.24) is 5.32 Å². The highest BCUT2D eigenvalue weighted by Gasteiger charge is 2.16. The lowest BCUT2D eigenvalue weighted by Crippen LogP contribution is -2.20. The number of primary amides is 1. The molecule has 1 amide bonds. The maximum absolute atomic E-state index is 10.7. The fourth-order valence-corrected chi connectivity index (χ4v) is 1.29. The predicted octanol–water partition coefficient (Wildman–Crippen LogP) is 0.178. The van der Waals surface area contributed by atoms with Crippen LogP contribution in [0.4, 0.5) is 5.69 Å². The van der Waals surface area contributed by atoms with Gasteiger partial charge in [-0.05, 0) is 18.7 Å². The van der Waals surface area contributed by atoms with E-state index in [9.17, 15) is 14.9 Å². The number of nitrogens with zero attached hydrogens (tertiary/aromatic N) is 1. The van der Waals surface area contributed by atoms with Gasteiger partial charge in [0, 0.05) is 12.6 Å². The lowest BCUT2D eigenvalue weighted by atomic mass is 10.2. The summed E-state index contributed by atoms with van der Waals surface area (Å²) in [5, 5.41) is 13.6. The van der Waals surface area contributed by atoms with Gasteiger partial charge in [-0.3, -0.25) is 14.9 Å². The summed E-state index contributed by atoms with van der Waals surface area (Å²) in [6.45, 7) is 0.161. The molecule has 0 radical (unpaired) electrons. The molecule has 1 aromatic rings. The van der Waals surface area contributed by atoms with Crippen LogP contribution in [0.15, 0.2) is 18.2 Å². The molecule has 0 saturated carbocycles. The highest BCUT2D eigenvalue weighted by molar-refractivity contribution is 5.75. The first kappa shape index (κ1) is 12.9. The van der Waals surface area contributed by atoms with Gasteiger partial charge >= 0.3 is 5.69 Å². The Bertz CT molecular complexity index is 434. The Balaban J connectivity index is 2.98. The molecular formula is C10H13N3O4. The fraction of sp³-hybridized carbons (Fsp3) is 0.300. The third kappa shape index (κ3) is 3.72. The first-order valence-corrected chi connectivity index (χ1v) is 4.87. The average molecular weight is 239 g/mol. The Labute approximate surface area is 97.7 Å². The van der Waals surface area contributed by atoms with Crippen molar-refractivity contribution < 1.29 is 14.5 Å². The second-order valence-electron chi connectivity index (χ2n) is 3.34. The predicted molar refractivity (Wildman–Crippen MR) is 60.5 cm³/mol. The Hall–Kier alpha value is -2.15. The van der Waals surface area contributed by atoms with E-state index in [0.29, 0.717) is 6.54 Å². The summed E-state index contributed by atoms with van der Waals surface area (Å²) in [6.07, 6.45) is 0. The van der Waals surface area contributed by atoms with E-state index in [2.05, 4.69) is 5.32 Å². The molecule has 0 heterocycles. The third-order valence-electron chi connectivity index (χ3n) is 1.97. The van der Waals surface area contributed by atoms with Gasteiger partial charge in [0.15, 0.2) is 12.4 Å². The Morgan fingerprint density at radius 3 is 2.82 bits per heavy atom. The van der Waals surface area contributed by atoms with Gasteiger partial charge < -0.3 is 15.8 Å². The van der Waals surface area contributed by atoms with Gasteiger partial charge in [0.05, 0.1) is 4.92 Å². The van der Waals surface area contributed by atoms with E-state index in [-0.39, 0.29) is 18.0 Å². The zero-order valence-corrected chi connectivity index (χ0v) is 9.30. The summed E-state index contributed by atoms with van der Waals surface area (Å²) in [4.78, 5) is 20.7. The number of hydrogen-bond acceptors (Lipinski definition) is 5. The second-order valence-corrected chi connectivity index (χ2v) is 3.34. The monoisotopic (exact) mass is 239 g/mol. The van der Waals surface area contributed by atoms with Gasteiger partial charge in [0.25, 0.3) is 5.91 Å². The summed E-state index contributed by atoms with van der Waals surface area (Å²) in [6, 6.07) is 4.46. The van der Waals surface area contributed by atoms with E-state index in [4.69, 9.17) is 10.5 Å². The van der Waals surface area contributed by atoms with Crippen LogP contribution in [-0.4, -0.2) is 24.5 Å². The number of carbonyl (C=O) groups excluding carboxylic acids is 1. The third-order valence-corrected chi connectivity index (χ3v) is 1.97. The number of nitro groups is 1. The van der Waals surface area contributed by atoms with Crippen molar-refractivity contribution in [3.8, 4) is 5.75 Å². The van der Waals surface area contributed by atoms with Crippen LogP contribution in [0.1, 0.15) is 5.56 Å². The molecule has 1 rings (SSSR count). The van der Waals surface area contributed by atoms with Crippen LogP contribution in [0.25, 0.3) is 0 Å². The van der Waals surface area contributed by atoms with Crippen molar-refractivity contribution in [2.45, 2.75) is 6.54 Å². The smallest absolute Gasteiger partial charge is 0.310 e. The fourth-order valence-electron chi connectivity index (χ4n) is 1.29. The lowest BCUT2D eigenvalue weighted by molar-refractivity contribution is -0.385. The molecule has 0 bridgehead atoms. The molecule has 7 nitrogen and oxygen atoms in total. The van der Waals surface area contributed by atoms with Crippen LogP contribution in [0.5, 0.6) is 5.75 Å². The van der Waals surface area contributed by atoms with E-state index in [0.717, 1.165) is 5.56 Å². The van der Waals surface area contributed by atoms with Crippen LogP contribution in [0, 0.1) is 10.1 Å². The quantitative estimate of drug-likeness (QED) is 0.543. The SMILES string of the molecule is CNCc1ccc([N+](=O)[O-])c(OCC(N)=O)c1. The number of benzene rings is 1. The van der Waals surface area contributed by atoms with E-state index >= 15 is 0 Å². The van der Waals surface area contributed by atoms with Gasteiger partial charge in [-0.1, -0.05) is 6.07 Å². The number of nitrogens with two attached hydrogens (primary N) is 1. The molecule has 3 N–H and O–H groups in total. The summed E-state index contributed by atoms with van der Waals surface area (Å²) >= 11 is 0. The minimum absolute atomic E-state index is 0.0431. The summed E-state index contributed by atoms with van der Waals surface area (Å²) in [5.41, 5.74) is 5.55.